The lowest BCUT2D eigenvalue weighted by Gasteiger charge is -2.08. The van der Waals surface area contributed by atoms with Gasteiger partial charge in [0, 0.05) is 18.1 Å². The van der Waals surface area contributed by atoms with Crippen LogP contribution < -0.4 is 10.1 Å². The predicted octanol–water partition coefficient (Wildman–Crippen LogP) is 3.44. The minimum atomic E-state index is -0.137. The number of hydrogen-bond acceptors (Lipinski definition) is 2. The summed E-state index contributed by atoms with van der Waals surface area (Å²) >= 11 is 0. The summed E-state index contributed by atoms with van der Waals surface area (Å²) in [6, 6.07) is 17.1. The Labute approximate surface area is 123 Å². The van der Waals surface area contributed by atoms with Gasteiger partial charge in [-0.15, -0.1) is 0 Å². The summed E-state index contributed by atoms with van der Waals surface area (Å²) in [5.74, 6) is 0.621. The third kappa shape index (κ3) is 2.36. The van der Waals surface area contributed by atoms with Crippen molar-refractivity contribution >= 4 is 22.5 Å². The first-order valence-electron chi connectivity index (χ1n) is 6.69. The van der Waals surface area contributed by atoms with E-state index in [2.05, 4.69) is 5.32 Å². The standard InChI is InChI=1S/C17H16N2O2/c1-19-14(17(20)18-13-8-4-3-5-9-13)11-12-7-6-10-15(21-2)16(12)19/h3-11H,1-2H3,(H,18,20). The van der Waals surface area contributed by atoms with Gasteiger partial charge in [-0.05, 0) is 24.3 Å². The van der Waals surface area contributed by atoms with Crippen molar-refractivity contribution in [2.45, 2.75) is 0 Å². The number of nitrogens with one attached hydrogen (secondary N) is 1. The van der Waals surface area contributed by atoms with Gasteiger partial charge in [-0.2, -0.15) is 0 Å². The SMILES string of the molecule is COc1cccc2cc(C(=O)Nc3ccccc3)n(C)c12. The van der Waals surface area contributed by atoms with Crippen LogP contribution in [-0.2, 0) is 7.05 Å². The third-order valence-electron chi connectivity index (χ3n) is 3.50. The average molecular weight is 280 g/mol. The maximum absolute atomic E-state index is 12.4. The summed E-state index contributed by atoms with van der Waals surface area (Å²) in [6.45, 7) is 0. The topological polar surface area (TPSA) is 43.3 Å². The van der Waals surface area contributed by atoms with Crippen LogP contribution in [-0.4, -0.2) is 17.6 Å². The van der Waals surface area contributed by atoms with Gasteiger partial charge in [-0.3, -0.25) is 4.79 Å². The molecule has 0 spiro atoms. The lowest BCUT2D eigenvalue weighted by atomic mass is 10.2. The second kappa shape index (κ2) is 5.32. The Kier molecular flexibility index (Phi) is 3.36. The largest absolute Gasteiger partial charge is 0.495 e. The second-order valence-electron chi connectivity index (χ2n) is 4.81. The highest BCUT2D eigenvalue weighted by Crippen LogP contribution is 2.28. The van der Waals surface area contributed by atoms with Crippen molar-refractivity contribution in [3.63, 3.8) is 0 Å². The molecule has 0 bridgehead atoms. The molecular weight excluding hydrogens is 264 g/mol. The lowest BCUT2D eigenvalue weighted by molar-refractivity contribution is 0.102. The molecule has 0 saturated heterocycles. The molecule has 1 aromatic heterocycles. The molecule has 106 valence electrons. The number of aromatic nitrogens is 1. The minimum absolute atomic E-state index is 0.137. The van der Waals surface area contributed by atoms with E-state index in [1.54, 1.807) is 7.11 Å². The number of ether oxygens (including phenoxy) is 1. The Morgan fingerprint density at radius 1 is 1.10 bits per heavy atom. The number of benzene rings is 2. The number of para-hydroxylation sites is 2. The smallest absolute Gasteiger partial charge is 0.272 e. The fourth-order valence-corrected chi connectivity index (χ4v) is 2.48. The van der Waals surface area contributed by atoms with Gasteiger partial charge in [0.15, 0.2) is 0 Å². The van der Waals surface area contributed by atoms with Crippen molar-refractivity contribution in [1.82, 2.24) is 4.57 Å². The fraction of sp³-hybridized carbons (Fsp3) is 0.118. The van der Waals surface area contributed by atoms with Crippen molar-refractivity contribution in [2.24, 2.45) is 7.05 Å². The zero-order valence-corrected chi connectivity index (χ0v) is 12.0. The maximum Gasteiger partial charge on any atom is 0.272 e. The van der Waals surface area contributed by atoms with Crippen LogP contribution in [0.3, 0.4) is 0 Å². The van der Waals surface area contributed by atoms with Gasteiger partial charge in [-0.1, -0.05) is 30.3 Å². The van der Waals surface area contributed by atoms with Gasteiger partial charge in [0.25, 0.3) is 5.91 Å². The number of amides is 1. The molecule has 0 radical (unpaired) electrons. The molecule has 0 saturated carbocycles. The number of carbonyl (C=O) groups excluding carboxylic acids is 1. The summed E-state index contributed by atoms with van der Waals surface area (Å²) in [5, 5.41) is 3.88. The minimum Gasteiger partial charge on any atom is -0.495 e. The van der Waals surface area contributed by atoms with E-state index in [9.17, 15) is 4.79 Å². The molecular formula is C17H16N2O2. The van der Waals surface area contributed by atoms with E-state index < -0.39 is 0 Å². The number of anilines is 1. The molecule has 0 aliphatic rings. The van der Waals surface area contributed by atoms with Crippen molar-refractivity contribution in [1.29, 1.82) is 0 Å². The van der Waals surface area contributed by atoms with E-state index in [0.29, 0.717) is 5.69 Å². The molecule has 1 amide bonds. The molecule has 0 atom stereocenters. The lowest BCUT2D eigenvalue weighted by Crippen LogP contribution is -2.15. The molecule has 2 aromatic carbocycles. The van der Waals surface area contributed by atoms with E-state index >= 15 is 0 Å². The molecule has 21 heavy (non-hydrogen) atoms. The van der Waals surface area contributed by atoms with E-state index in [0.717, 1.165) is 22.3 Å². The van der Waals surface area contributed by atoms with Crippen LogP contribution in [0.15, 0.2) is 54.6 Å². The van der Waals surface area contributed by atoms with Gasteiger partial charge < -0.3 is 14.6 Å². The Morgan fingerprint density at radius 2 is 1.86 bits per heavy atom. The van der Waals surface area contributed by atoms with Crippen molar-refractivity contribution in [3.05, 3.63) is 60.3 Å². The summed E-state index contributed by atoms with van der Waals surface area (Å²) < 4.78 is 7.22. The van der Waals surface area contributed by atoms with Crippen LogP contribution in [0.4, 0.5) is 5.69 Å². The average Bonchev–Trinajstić information content (AvgIpc) is 2.86. The molecule has 4 nitrogen and oxygen atoms in total. The molecule has 3 aromatic rings. The summed E-state index contributed by atoms with van der Waals surface area (Å²) in [4.78, 5) is 12.4. The molecule has 0 aliphatic heterocycles. The van der Waals surface area contributed by atoms with Gasteiger partial charge in [0.1, 0.15) is 11.4 Å². The summed E-state index contributed by atoms with van der Waals surface area (Å²) in [7, 11) is 3.50. The molecule has 0 aliphatic carbocycles. The van der Waals surface area contributed by atoms with Crippen LogP contribution in [0, 0.1) is 0 Å². The molecule has 1 heterocycles. The van der Waals surface area contributed by atoms with Crippen LogP contribution in [0.5, 0.6) is 5.75 Å². The molecule has 0 fully saturated rings. The summed E-state index contributed by atoms with van der Waals surface area (Å²) in [6.07, 6.45) is 0. The Balaban J connectivity index is 2.01. The highest BCUT2D eigenvalue weighted by atomic mass is 16.5. The first-order valence-corrected chi connectivity index (χ1v) is 6.69. The number of fused-ring (bicyclic) bond motifs is 1. The van der Waals surface area contributed by atoms with Crippen LogP contribution in [0.25, 0.3) is 10.9 Å². The molecule has 3 rings (SSSR count). The number of carbonyl (C=O) groups is 1. The molecule has 0 unspecified atom stereocenters. The maximum atomic E-state index is 12.4. The normalized spacial score (nSPS) is 10.6. The molecule has 4 heteroatoms. The fourth-order valence-electron chi connectivity index (χ4n) is 2.48. The van der Waals surface area contributed by atoms with Gasteiger partial charge in [0.05, 0.1) is 12.6 Å². The number of nitrogens with zero attached hydrogens (tertiary/aromatic N) is 1. The molecule has 1 N–H and O–H groups in total. The van der Waals surface area contributed by atoms with E-state index in [-0.39, 0.29) is 5.91 Å². The van der Waals surface area contributed by atoms with E-state index in [1.807, 2.05) is 66.2 Å². The van der Waals surface area contributed by atoms with Gasteiger partial charge in [-0.25, -0.2) is 0 Å². The second-order valence-corrected chi connectivity index (χ2v) is 4.81. The quantitative estimate of drug-likeness (QED) is 0.798. The number of rotatable bonds is 3. The predicted molar refractivity (Wildman–Crippen MR) is 83.9 cm³/mol. The first-order chi connectivity index (χ1) is 10.2. The third-order valence-corrected chi connectivity index (χ3v) is 3.50. The highest BCUT2D eigenvalue weighted by Gasteiger charge is 2.15. The van der Waals surface area contributed by atoms with Crippen molar-refractivity contribution < 1.29 is 9.53 Å². The monoisotopic (exact) mass is 280 g/mol. The first kappa shape index (κ1) is 13.2. The Morgan fingerprint density at radius 3 is 2.57 bits per heavy atom. The van der Waals surface area contributed by atoms with Crippen LogP contribution in [0.1, 0.15) is 10.5 Å². The van der Waals surface area contributed by atoms with Gasteiger partial charge in [0.2, 0.25) is 0 Å². The number of aryl methyl sites for hydroxylation is 1. The van der Waals surface area contributed by atoms with E-state index in [4.69, 9.17) is 4.74 Å². The van der Waals surface area contributed by atoms with Crippen molar-refractivity contribution in [3.8, 4) is 5.75 Å². The zero-order valence-electron chi connectivity index (χ0n) is 12.0. The number of hydrogen-bond donors (Lipinski definition) is 1. The highest BCUT2D eigenvalue weighted by molar-refractivity contribution is 6.07. The Bertz CT molecular complexity index is 791. The Hall–Kier alpha value is -2.75. The van der Waals surface area contributed by atoms with Crippen LogP contribution in [0.2, 0.25) is 0 Å². The van der Waals surface area contributed by atoms with Gasteiger partial charge >= 0.3 is 0 Å². The van der Waals surface area contributed by atoms with E-state index in [1.165, 1.54) is 0 Å². The summed E-state index contributed by atoms with van der Waals surface area (Å²) in [5.41, 5.74) is 2.29. The zero-order chi connectivity index (χ0) is 14.8. The van der Waals surface area contributed by atoms with Crippen molar-refractivity contribution in [2.75, 3.05) is 12.4 Å². The van der Waals surface area contributed by atoms with Crippen LogP contribution >= 0.6 is 0 Å². The number of methoxy groups -OCH3 is 1.